The van der Waals surface area contributed by atoms with Crippen molar-refractivity contribution in [2.45, 2.75) is 32.3 Å². The SMILES string of the molecule is CC(O)CCCNCCCN(C)C. The van der Waals surface area contributed by atoms with E-state index in [1.165, 1.54) is 6.42 Å². The van der Waals surface area contributed by atoms with Gasteiger partial charge in [-0.3, -0.25) is 0 Å². The quantitative estimate of drug-likeness (QED) is 0.550. The van der Waals surface area contributed by atoms with E-state index in [0.717, 1.165) is 32.5 Å². The topological polar surface area (TPSA) is 35.5 Å². The van der Waals surface area contributed by atoms with Crippen molar-refractivity contribution >= 4 is 0 Å². The van der Waals surface area contributed by atoms with Gasteiger partial charge in [-0.2, -0.15) is 0 Å². The third-order valence-electron chi connectivity index (χ3n) is 1.93. The number of rotatable bonds is 8. The number of hydrogen-bond donors (Lipinski definition) is 2. The first-order chi connectivity index (χ1) is 6.13. The summed E-state index contributed by atoms with van der Waals surface area (Å²) >= 11 is 0. The standard InChI is InChI=1S/C10H24N2O/c1-10(13)6-4-7-11-8-5-9-12(2)3/h10-11,13H,4-9H2,1-3H3. The number of aliphatic hydroxyl groups is 1. The van der Waals surface area contributed by atoms with Crippen LogP contribution in [-0.2, 0) is 0 Å². The lowest BCUT2D eigenvalue weighted by atomic mass is 10.2. The highest BCUT2D eigenvalue weighted by Crippen LogP contribution is 1.93. The molecule has 0 aromatic heterocycles. The van der Waals surface area contributed by atoms with Gasteiger partial charge in [0.25, 0.3) is 0 Å². The minimum atomic E-state index is -0.149. The second-order valence-corrected chi connectivity index (χ2v) is 3.90. The molecule has 0 aliphatic carbocycles. The highest BCUT2D eigenvalue weighted by atomic mass is 16.3. The summed E-state index contributed by atoms with van der Waals surface area (Å²) in [7, 11) is 4.18. The first-order valence-electron chi connectivity index (χ1n) is 5.16. The Morgan fingerprint density at radius 2 is 1.85 bits per heavy atom. The van der Waals surface area contributed by atoms with Gasteiger partial charge in [0.2, 0.25) is 0 Å². The fourth-order valence-corrected chi connectivity index (χ4v) is 1.17. The van der Waals surface area contributed by atoms with Gasteiger partial charge >= 0.3 is 0 Å². The Kier molecular flexibility index (Phi) is 8.40. The Morgan fingerprint density at radius 3 is 2.38 bits per heavy atom. The molecule has 1 unspecified atom stereocenters. The van der Waals surface area contributed by atoms with Gasteiger partial charge < -0.3 is 15.3 Å². The molecule has 13 heavy (non-hydrogen) atoms. The van der Waals surface area contributed by atoms with Crippen LogP contribution in [0.25, 0.3) is 0 Å². The molecule has 0 bridgehead atoms. The fourth-order valence-electron chi connectivity index (χ4n) is 1.17. The zero-order valence-electron chi connectivity index (χ0n) is 9.21. The molecule has 0 heterocycles. The molecule has 0 aromatic rings. The lowest BCUT2D eigenvalue weighted by molar-refractivity contribution is 0.181. The van der Waals surface area contributed by atoms with E-state index >= 15 is 0 Å². The van der Waals surface area contributed by atoms with Crippen LogP contribution in [0.4, 0.5) is 0 Å². The number of nitrogens with zero attached hydrogens (tertiary/aromatic N) is 1. The van der Waals surface area contributed by atoms with Crippen LogP contribution < -0.4 is 5.32 Å². The average Bonchev–Trinajstić information content (AvgIpc) is 2.01. The van der Waals surface area contributed by atoms with Crippen molar-refractivity contribution in [1.82, 2.24) is 10.2 Å². The highest BCUT2D eigenvalue weighted by Gasteiger charge is 1.94. The van der Waals surface area contributed by atoms with Crippen molar-refractivity contribution in [3.63, 3.8) is 0 Å². The smallest absolute Gasteiger partial charge is 0.0512 e. The van der Waals surface area contributed by atoms with Gasteiger partial charge in [0.1, 0.15) is 0 Å². The lowest BCUT2D eigenvalue weighted by Crippen LogP contribution is -2.22. The number of hydrogen-bond acceptors (Lipinski definition) is 3. The van der Waals surface area contributed by atoms with Gasteiger partial charge in [-0.05, 0) is 59.9 Å². The van der Waals surface area contributed by atoms with Gasteiger partial charge in [-0.15, -0.1) is 0 Å². The summed E-state index contributed by atoms with van der Waals surface area (Å²) in [4.78, 5) is 2.19. The van der Waals surface area contributed by atoms with Crippen molar-refractivity contribution in [2.24, 2.45) is 0 Å². The van der Waals surface area contributed by atoms with Crippen molar-refractivity contribution in [3.8, 4) is 0 Å². The van der Waals surface area contributed by atoms with Crippen LogP contribution in [0.1, 0.15) is 26.2 Å². The van der Waals surface area contributed by atoms with E-state index in [1.807, 2.05) is 6.92 Å². The summed E-state index contributed by atoms with van der Waals surface area (Å²) in [5, 5.41) is 12.4. The minimum Gasteiger partial charge on any atom is -0.393 e. The van der Waals surface area contributed by atoms with Crippen molar-refractivity contribution < 1.29 is 5.11 Å². The first kappa shape index (κ1) is 12.9. The Morgan fingerprint density at radius 1 is 1.23 bits per heavy atom. The zero-order valence-corrected chi connectivity index (χ0v) is 9.21. The third kappa shape index (κ3) is 11.9. The van der Waals surface area contributed by atoms with Gasteiger partial charge in [0.15, 0.2) is 0 Å². The van der Waals surface area contributed by atoms with Crippen LogP contribution in [0.15, 0.2) is 0 Å². The van der Waals surface area contributed by atoms with Gasteiger partial charge in [0, 0.05) is 0 Å². The van der Waals surface area contributed by atoms with E-state index in [1.54, 1.807) is 0 Å². The predicted octanol–water partition coefficient (Wildman–Crippen LogP) is 0.689. The zero-order chi connectivity index (χ0) is 10.1. The Labute approximate surface area is 82.1 Å². The summed E-state index contributed by atoms with van der Waals surface area (Å²) in [5.41, 5.74) is 0. The molecule has 3 heteroatoms. The van der Waals surface area contributed by atoms with E-state index in [2.05, 4.69) is 24.3 Å². The molecule has 0 saturated carbocycles. The second kappa shape index (κ2) is 8.48. The fraction of sp³-hybridized carbons (Fsp3) is 1.00. The van der Waals surface area contributed by atoms with Crippen LogP contribution in [0.2, 0.25) is 0 Å². The molecule has 80 valence electrons. The molecule has 3 nitrogen and oxygen atoms in total. The minimum absolute atomic E-state index is 0.149. The van der Waals surface area contributed by atoms with Crippen LogP contribution in [-0.4, -0.2) is 49.8 Å². The summed E-state index contributed by atoms with van der Waals surface area (Å²) in [5.74, 6) is 0. The lowest BCUT2D eigenvalue weighted by Gasteiger charge is -2.09. The molecular formula is C10H24N2O. The summed E-state index contributed by atoms with van der Waals surface area (Å²) in [6.07, 6.45) is 3.02. The van der Waals surface area contributed by atoms with E-state index in [4.69, 9.17) is 5.11 Å². The molecule has 0 amide bonds. The van der Waals surface area contributed by atoms with Crippen LogP contribution in [0.3, 0.4) is 0 Å². The summed E-state index contributed by atoms with van der Waals surface area (Å²) in [6, 6.07) is 0. The predicted molar refractivity (Wildman–Crippen MR) is 57.0 cm³/mol. The van der Waals surface area contributed by atoms with Crippen LogP contribution in [0.5, 0.6) is 0 Å². The van der Waals surface area contributed by atoms with Gasteiger partial charge in [-0.1, -0.05) is 0 Å². The van der Waals surface area contributed by atoms with Crippen molar-refractivity contribution in [3.05, 3.63) is 0 Å². The molecule has 0 radical (unpaired) electrons. The summed E-state index contributed by atoms with van der Waals surface area (Å²) < 4.78 is 0. The highest BCUT2D eigenvalue weighted by molar-refractivity contribution is 4.53. The second-order valence-electron chi connectivity index (χ2n) is 3.90. The largest absolute Gasteiger partial charge is 0.393 e. The molecular weight excluding hydrogens is 164 g/mol. The third-order valence-corrected chi connectivity index (χ3v) is 1.93. The van der Waals surface area contributed by atoms with Gasteiger partial charge in [0.05, 0.1) is 6.10 Å². The molecule has 0 aliphatic heterocycles. The van der Waals surface area contributed by atoms with Crippen molar-refractivity contribution in [1.29, 1.82) is 0 Å². The van der Waals surface area contributed by atoms with Crippen LogP contribution >= 0.6 is 0 Å². The molecule has 2 N–H and O–H groups in total. The number of nitrogens with one attached hydrogen (secondary N) is 1. The molecule has 0 saturated heterocycles. The molecule has 0 fully saturated rings. The molecule has 0 aromatic carbocycles. The molecule has 0 rings (SSSR count). The molecule has 1 atom stereocenters. The maximum Gasteiger partial charge on any atom is 0.0512 e. The maximum atomic E-state index is 8.99. The number of aliphatic hydroxyl groups excluding tert-OH is 1. The monoisotopic (exact) mass is 188 g/mol. The molecule has 0 aliphatic rings. The Hall–Kier alpha value is -0.120. The van der Waals surface area contributed by atoms with E-state index in [9.17, 15) is 0 Å². The van der Waals surface area contributed by atoms with Crippen LogP contribution in [0, 0.1) is 0 Å². The maximum absolute atomic E-state index is 8.99. The Balaban J connectivity index is 2.92. The molecule has 0 spiro atoms. The van der Waals surface area contributed by atoms with Gasteiger partial charge in [-0.25, -0.2) is 0 Å². The normalized spacial score (nSPS) is 13.6. The first-order valence-corrected chi connectivity index (χ1v) is 5.16. The van der Waals surface area contributed by atoms with Crippen molar-refractivity contribution in [2.75, 3.05) is 33.7 Å². The Bertz CT molecular complexity index is 93.1. The average molecular weight is 188 g/mol. The van der Waals surface area contributed by atoms with E-state index < -0.39 is 0 Å². The van der Waals surface area contributed by atoms with E-state index in [-0.39, 0.29) is 6.10 Å². The summed E-state index contributed by atoms with van der Waals surface area (Å²) in [6.45, 7) is 5.09. The van der Waals surface area contributed by atoms with E-state index in [0.29, 0.717) is 0 Å².